The standard InChI is InChI=1S/C15H24BrN3O2.HI/c1-17-15(18-8-9-21-11-10-20-3)19(2)12-13-6-4-5-7-14(13)16;/h4-7H,8-12H2,1-3H3,(H,17,18);1H. The number of nitrogens with one attached hydrogen (secondary N) is 1. The van der Waals surface area contributed by atoms with Crippen molar-refractivity contribution in [2.24, 2.45) is 4.99 Å². The molecule has 0 amide bonds. The molecule has 22 heavy (non-hydrogen) atoms. The second kappa shape index (κ2) is 13.1. The van der Waals surface area contributed by atoms with Crippen molar-refractivity contribution in [1.29, 1.82) is 0 Å². The molecule has 1 aromatic rings. The Balaban J connectivity index is 0.00000441. The first-order valence-electron chi connectivity index (χ1n) is 6.91. The van der Waals surface area contributed by atoms with E-state index < -0.39 is 0 Å². The fraction of sp³-hybridized carbons (Fsp3) is 0.533. The highest BCUT2D eigenvalue weighted by molar-refractivity contribution is 14.0. The SMILES string of the molecule is CN=C(NCCOCCOC)N(C)Cc1ccccc1Br.I. The van der Waals surface area contributed by atoms with E-state index >= 15 is 0 Å². The molecule has 0 saturated heterocycles. The number of halogens is 2. The Kier molecular flexibility index (Phi) is 12.9. The number of hydrogen-bond donors (Lipinski definition) is 1. The molecule has 126 valence electrons. The highest BCUT2D eigenvalue weighted by Crippen LogP contribution is 2.17. The zero-order chi connectivity index (χ0) is 15.5. The molecule has 1 aromatic carbocycles. The first kappa shape index (κ1) is 21.6. The van der Waals surface area contributed by atoms with Crippen molar-refractivity contribution in [2.45, 2.75) is 6.54 Å². The maximum atomic E-state index is 5.42. The van der Waals surface area contributed by atoms with E-state index in [0.29, 0.717) is 19.8 Å². The molecule has 0 fully saturated rings. The normalized spacial score (nSPS) is 11.0. The Hall–Kier alpha value is -0.380. The zero-order valence-corrected chi connectivity index (χ0v) is 17.3. The van der Waals surface area contributed by atoms with Crippen LogP contribution in [0.5, 0.6) is 0 Å². The van der Waals surface area contributed by atoms with Gasteiger partial charge in [0.1, 0.15) is 0 Å². The molecule has 5 nitrogen and oxygen atoms in total. The lowest BCUT2D eigenvalue weighted by Gasteiger charge is -2.22. The van der Waals surface area contributed by atoms with Crippen LogP contribution in [0.3, 0.4) is 0 Å². The van der Waals surface area contributed by atoms with E-state index in [1.165, 1.54) is 5.56 Å². The summed E-state index contributed by atoms with van der Waals surface area (Å²) in [5.41, 5.74) is 1.22. The molecular weight excluding hydrogens is 461 g/mol. The molecule has 0 aliphatic heterocycles. The summed E-state index contributed by atoms with van der Waals surface area (Å²) in [5.74, 6) is 0.848. The van der Waals surface area contributed by atoms with Gasteiger partial charge in [0, 0.05) is 38.8 Å². The monoisotopic (exact) mass is 485 g/mol. The number of methoxy groups -OCH3 is 1. The van der Waals surface area contributed by atoms with Gasteiger partial charge >= 0.3 is 0 Å². The van der Waals surface area contributed by atoms with Gasteiger partial charge in [0.25, 0.3) is 0 Å². The van der Waals surface area contributed by atoms with Gasteiger partial charge in [0.15, 0.2) is 5.96 Å². The smallest absolute Gasteiger partial charge is 0.193 e. The van der Waals surface area contributed by atoms with Crippen LogP contribution in [0.15, 0.2) is 33.7 Å². The molecule has 0 aromatic heterocycles. The molecule has 0 unspecified atom stereocenters. The van der Waals surface area contributed by atoms with Crippen LogP contribution >= 0.6 is 39.9 Å². The molecule has 1 N–H and O–H groups in total. The minimum absolute atomic E-state index is 0. The summed E-state index contributed by atoms with van der Waals surface area (Å²) in [6.07, 6.45) is 0. The van der Waals surface area contributed by atoms with Crippen LogP contribution in [0.4, 0.5) is 0 Å². The summed E-state index contributed by atoms with van der Waals surface area (Å²) in [5, 5.41) is 3.28. The molecular formula is C15H25BrIN3O2. The van der Waals surface area contributed by atoms with E-state index in [2.05, 4.69) is 37.2 Å². The third-order valence-electron chi connectivity index (χ3n) is 2.90. The van der Waals surface area contributed by atoms with Gasteiger partial charge in [-0.15, -0.1) is 24.0 Å². The van der Waals surface area contributed by atoms with Gasteiger partial charge < -0.3 is 19.7 Å². The summed E-state index contributed by atoms with van der Waals surface area (Å²) >= 11 is 3.56. The zero-order valence-electron chi connectivity index (χ0n) is 13.3. The van der Waals surface area contributed by atoms with E-state index in [1.807, 2.05) is 25.2 Å². The van der Waals surface area contributed by atoms with Gasteiger partial charge in [-0.3, -0.25) is 4.99 Å². The van der Waals surface area contributed by atoms with Crippen molar-refractivity contribution < 1.29 is 9.47 Å². The highest BCUT2D eigenvalue weighted by Gasteiger charge is 2.07. The first-order valence-corrected chi connectivity index (χ1v) is 7.70. The van der Waals surface area contributed by atoms with Crippen molar-refractivity contribution >= 4 is 45.9 Å². The first-order chi connectivity index (χ1) is 10.2. The molecule has 0 aliphatic rings. The quantitative estimate of drug-likeness (QED) is 0.266. The van der Waals surface area contributed by atoms with Crippen molar-refractivity contribution in [1.82, 2.24) is 10.2 Å². The van der Waals surface area contributed by atoms with Crippen molar-refractivity contribution in [3.05, 3.63) is 34.3 Å². The molecule has 7 heteroatoms. The predicted molar refractivity (Wildman–Crippen MR) is 105 cm³/mol. The Morgan fingerprint density at radius 2 is 2.00 bits per heavy atom. The van der Waals surface area contributed by atoms with Gasteiger partial charge in [-0.05, 0) is 11.6 Å². The Labute approximate surface area is 158 Å². The van der Waals surface area contributed by atoms with E-state index in [0.717, 1.165) is 23.5 Å². The number of rotatable bonds is 8. The predicted octanol–water partition coefficient (Wildman–Crippen LogP) is 2.74. The number of nitrogens with zero attached hydrogens (tertiary/aromatic N) is 2. The van der Waals surface area contributed by atoms with Gasteiger partial charge in [0.2, 0.25) is 0 Å². The van der Waals surface area contributed by atoms with Gasteiger partial charge in [-0.1, -0.05) is 34.1 Å². The molecule has 0 aliphatic carbocycles. The topological polar surface area (TPSA) is 46.1 Å². The number of aliphatic imine (C=N–C) groups is 1. The molecule has 1 rings (SSSR count). The number of hydrogen-bond acceptors (Lipinski definition) is 3. The van der Waals surface area contributed by atoms with Crippen LogP contribution in [0.2, 0.25) is 0 Å². The Bertz CT molecular complexity index is 447. The van der Waals surface area contributed by atoms with Crippen LogP contribution in [0, 0.1) is 0 Å². The summed E-state index contributed by atoms with van der Waals surface area (Å²) in [6, 6.07) is 8.19. The van der Waals surface area contributed by atoms with Crippen LogP contribution < -0.4 is 5.32 Å². The largest absolute Gasteiger partial charge is 0.382 e. The molecule has 0 saturated carbocycles. The minimum atomic E-state index is 0. The third kappa shape index (κ3) is 8.30. The lowest BCUT2D eigenvalue weighted by Crippen LogP contribution is -2.40. The van der Waals surface area contributed by atoms with Gasteiger partial charge in [0.05, 0.1) is 19.8 Å². The number of ether oxygens (including phenoxy) is 2. The average molecular weight is 486 g/mol. The van der Waals surface area contributed by atoms with Crippen molar-refractivity contribution in [3.8, 4) is 0 Å². The van der Waals surface area contributed by atoms with Crippen LogP contribution in [0.1, 0.15) is 5.56 Å². The second-order valence-electron chi connectivity index (χ2n) is 4.53. The van der Waals surface area contributed by atoms with E-state index in [9.17, 15) is 0 Å². The van der Waals surface area contributed by atoms with E-state index in [-0.39, 0.29) is 24.0 Å². The maximum absolute atomic E-state index is 5.42. The van der Waals surface area contributed by atoms with Crippen LogP contribution in [-0.2, 0) is 16.0 Å². The summed E-state index contributed by atoms with van der Waals surface area (Å²) in [7, 11) is 5.46. The molecule has 0 atom stereocenters. The molecule has 0 radical (unpaired) electrons. The second-order valence-corrected chi connectivity index (χ2v) is 5.38. The summed E-state index contributed by atoms with van der Waals surface area (Å²) in [6.45, 7) is 3.37. The fourth-order valence-corrected chi connectivity index (χ4v) is 2.23. The van der Waals surface area contributed by atoms with E-state index in [4.69, 9.17) is 9.47 Å². The highest BCUT2D eigenvalue weighted by atomic mass is 127. The van der Waals surface area contributed by atoms with Crippen molar-refractivity contribution in [2.75, 3.05) is 47.6 Å². The molecule has 0 bridgehead atoms. The third-order valence-corrected chi connectivity index (χ3v) is 3.67. The lowest BCUT2D eigenvalue weighted by atomic mass is 10.2. The van der Waals surface area contributed by atoms with Crippen LogP contribution in [0.25, 0.3) is 0 Å². The Morgan fingerprint density at radius 3 is 2.64 bits per heavy atom. The summed E-state index contributed by atoms with van der Waals surface area (Å²) in [4.78, 5) is 6.36. The Morgan fingerprint density at radius 1 is 1.27 bits per heavy atom. The van der Waals surface area contributed by atoms with Gasteiger partial charge in [-0.2, -0.15) is 0 Å². The lowest BCUT2D eigenvalue weighted by molar-refractivity contribution is 0.0731. The maximum Gasteiger partial charge on any atom is 0.193 e. The average Bonchev–Trinajstić information content (AvgIpc) is 2.49. The number of benzene rings is 1. The fourth-order valence-electron chi connectivity index (χ4n) is 1.82. The molecule has 0 heterocycles. The summed E-state index contributed by atoms with van der Waals surface area (Å²) < 4.78 is 11.4. The minimum Gasteiger partial charge on any atom is -0.382 e. The van der Waals surface area contributed by atoms with Gasteiger partial charge in [-0.25, -0.2) is 0 Å². The van der Waals surface area contributed by atoms with Crippen molar-refractivity contribution in [3.63, 3.8) is 0 Å². The van der Waals surface area contributed by atoms with E-state index in [1.54, 1.807) is 14.2 Å². The van der Waals surface area contributed by atoms with Crippen LogP contribution in [-0.4, -0.2) is 58.4 Å². The number of guanidine groups is 1. The molecule has 0 spiro atoms.